The lowest BCUT2D eigenvalue weighted by Gasteiger charge is -1.99. The molecule has 1 aromatic rings. The Kier molecular flexibility index (Phi) is 3.52. The predicted molar refractivity (Wildman–Crippen MR) is 58.8 cm³/mol. The van der Waals surface area contributed by atoms with Crippen molar-refractivity contribution in [2.24, 2.45) is 0 Å². The molecule has 0 atom stereocenters. The summed E-state index contributed by atoms with van der Waals surface area (Å²) in [7, 11) is 0. The molecule has 14 heavy (non-hydrogen) atoms. The summed E-state index contributed by atoms with van der Waals surface area (Å²) in [5.41, 5.74) is 6.23. The van der Waals surface area contributed by atoms with Crippen LogP contribution < -0.4 is 5.73 Å². The highest BCUT2D eigenvalue weighted by molar-refractivity contribution is 7.16. The Morgan fingerprint density at radius 3 is 2.71 bits per heavy atom. The van der Waals surface area contributed by atoms with Crippen molar-refractivity contribution in [3.8, 4) is 0 Å². The van der Waals surface area contributed by atoms with Crippen molar-refractivity contribution < 1.29 is 9.53 Å². The van der Waals surface area contributed by atoms with Gasteiger partial charge in [0.2, 0.25) is 0 Å². The summed E-state index contributed by atoms with van der Waals surface area (Å²) in [5.74, 6) is 0.0682. The minimum atomic E-state index is -0.326. The zero-order valence-electron chi connectivity index (χ0n) is 8.66. The van der Waals surface area contributed by atoms with Crippen LogP contribution >= 0.6 is 11.3 Å². The lowest BCUT2D eigenvalue weighted by atomic mass is 10.1. The molecule has 0 saturated heterocycles. The summed E-state index contributed by atoms with van der Waals surface area (Å²) in [6, 6.07) is 1.82. The van der Waals surface area contributed by atoms with E-state index in [0.29, 0.717) is 23.1 Å². The molecule has 0 unspecified atom stereocenters. The molecule has 2 N–H and O–H groups in total. The number of anilines is 1. The van der Waals surface area contributed by atoms with E-state index in [2.05, 4.69) is 13.8 Å². The Morgan fingerprint density at radius 2 is 2.29 bits per heavy atom. The van der Waals surface area contributed by atoms with Gasteiger partial charge in [-0.3, -0.25) is 0 Å². The highest BCUT2D eigenvalue weighted by Crippen LogP contribution is 2.30. The first-order chi connectivity index (χ1) is 6.56. The van der Waals surface area contributed by atoms with Gasteiger partial charge in [-0.25, -0.2) is 4.79 Å². The van der Waals surface area contributed by atoms with Crippen molar-refractivity contribution in [3.05, 3.63) is 16.5 Å². The lowest BCUT2D eigenvalue weighted by Crippen LogP contribution is -2.05. The number of nitrogen functional groups attached to an aromatic ring is 1. The third-order valence-electron chi connectivity index (χ3n) is 1.84. The van der Waals surface area contributed by atoms with Crippen molar-refractivity contribution in [2.75, 3.05) is 12.3 Å². The van der Waals surface area contributed by atoms with Crippen LogP contribution in [0, 0.1) is 0 Å². The normalized spacial score (nSPS) is 10.6. The van der Waals surface area contributed by atoms with Crippen LogP contribution in [0.5, 0.6) is 0 Å². The van der Waals surface area contributed by atoms with Crippen LogP contribution in [-0.2, 0) is 4.74 Å². The van der Waals surface area contributed by atoms with E-state index in [-0.39, 0.29) is 5.97 Å². The Hall–Kier alpha value is -1.03. The summed E-state index contributed by atoms with van der Waals surface area (Å²) < 4.78 is 4.89. The number of hydrogen-bond acceptors (Lipinski definition) is 4. The molecule has 0 aliphatic heterocycles. The molecular formula is C10H15NO2S. The van der Waals surface area contributed by atoms with E-state index in [1.54, 1.807) is 6.92 Å². The minimum absolute atomic E-state index is 0.326. The number of nitrogens with two attached hydrogens (primary N) is 1. The van der Waals surface area contributed by atoms with Gasteiger partial charge >= 0.3 is 5.97 Å². The first kappa shape index (κ1) is 11.0. The molecule has 0 saturated carbocycles. The monoisotopic (exact) mass is 213 g/mol. The molecule has 1 rings (SSSR count). The summed E-state index contributed by atoms with van der Waals surface area (Å²) in [5, 5.41) is 0.548. The smallest absolute Gasteiger partial charge is 0.341 e. The molecule has 0 aliphatic rings. The molecule has 0 radical (unpaired) electrons. The van der Waals surface area contributed by atoms with Gasteiger partial charge in [0.25, 0.3) is 0 Å². The Morgan fingerprint density at radius 1 is 1.64 bits per heavy atom. The third-order valence-corrected chi connectivity index (χ3v) is 3.11. The van der Waals surface area contributed by atoms with E-state index < -0.39 is 0 Å². The van der Waals surface area contributed by atoms with Gasteiger partial charge in [0.1, 0.15) is 5.00 Å². The Bertz CT molecular complexity index is 331. The average molecular weight is 213 g/mol. The molecule has 0 spiro atoms. The number of carbonyl (C=O) groups excluding carboxylic acids is 1. The number of rotatable bonds is 3. The van der Waals surface area contributed by atoms with E-state index in [1.807, 2.05) is 6.07 Å². The van der Waals surface area contributed by atoms with E-state index in [1.165, 1.54) is 11.3 Å². The number of carbonyl (C=O) groups is 1. The van der Waals surface area contributed by atoms with Crippen LogP contribution in [0.1, 0.15) is 41.9 Å². The average Bonchev–Trinajstić information content (AvgIpc) is 2.48. The van der Waals surface area contributed by atoms with Crippen LogP contribution in [0.25, 0.3) is 0 Å². The molecule has 0 fully saturated rings. The fraction of sp³-hybridized carbons (Fsp3) is 0.500. The summed E-state index contributed by atoms with van der Waals surface area (Å²) in [6.45, 7) is 6.30. The molecule has 1 aromatic heterocycles. The summed E-state index contributed by atoms with van der Waals surface area (Å²) >= 11 is 1.45. The van der Waals surface area contributed by atoms with E-state index in [4.69, 9.17) is 10.5 Å². The first-order valence-electron chi connectivity index (χ1n) is 4.62. The fourth-order valence-corrected chi connectivity index (χ4v) is 2.00. The standard InChI is InChI=1S/C10H15NO2S/c1-4-13-10(12)7-5-8(6(2)3)14-9(7)11/h5-6H,4,11H2,1-3H3. The van der Waals surface area contributed by atoms with Gasteiger partial charge in [-0.2, -0.15) is 0 Å². The molecule has 0 bridgehead atoms. The number of hydrogen-bond donors (Lipinski definition) is 1. The van der Waals surface area contributed by atoms with E-state index in [0.717, 1.165) is 4.88 Å². The van der Waals surface area contributed by atoms with Crippen molar-refractivity contribution in [2.45, 2.75) is 26.7 Å². The molecule has 0 aliphatic carbocycles. The van der Waals surface area contributed by atoms with Gasteiger partial charge < -0.3 is 10.5 Å². The van der Waals surface area contributed by atoms with Gasteiger partial charge in [-0.05, 0) is 18.9 Å². The van der Waals surface area contributed by atoms with Gasteiger partial charge in [-0.15, -0.1) is 11.3 Å². The summed E-state index contributed by atoms with van der Waals surface area (Å²) in [6.07, 6.45) is 0. The predicted octanol–water partition coefficient (Wildman–Crippen LogP) is 2.63. The zero-order valence-corrected chi connectivity index (χ0v) is 9.48. The third kappa shape index (κ3) is 2.26. The van der Waals surface area contributed by atoms with Crippen molar-refractivity contribution in [3.63, 3.8) is 0 Å². The second kappa shape index (κ2) is 4.46. The molecule has 0 aromatic carbocycles. The van der Waals surface area contributed by atoms with Crippen molar-refractivity contribution in [1.29, 1.82) is 0 Å². The van der Waals surface area contributed by atoms with Crippen molar-refractivity contribution >= 4 is 22.3 Å². The molecule has 3 nitrogen and oxygen atoms in total. The number of thiophene rings is 1. The van der Waals surface area contributed by atoms with Gasteiger partial charge in [-0.1, -0.05) is 13.8 Å². The molecular weight excluding hydrogens is 198 g/mol. The Labute approximate surface area is 87.9 Å². The fourth-order valence-electron chi connectivity index (χ4n) is 1.08. The number of ether oxygens (including phenoxy) is 1. The van der Waals surface area contributed by atoms with Crippen LogP contribution in [0.3, 0.4) is 0 Å². The topological polar surface area (TPSA) is 52.3 Å². The maximum atomic E-state index is 11.4. The summed E-state index contributed by atoms with van der Waals surface area (Å²) in [4.78, 5) is 12.5. The van der Waals surface area contributed by atoms with Crippen molar-refractivity contribution in [1.82, 2.24) is 0 Å². The molecule has 4 heteroatoms. The quantitative estimate of drug-likeness (QED) is 0.785. The SMILES string of the molecule is CCOC(=O)c1cc(C(C)C)sc1N. The Balaban J connectivity index is 2.92. The molecule has 1 heterocycles. The van der Waals surface area contributed by atoms with Crippen LogP contribution in [0.15, 0.2) is 6.07 Å². The maximum Gasteiger partial charge on any atom is 0.341 e. The highest BCUT2D eigenvalue weighted by Gasteiger charge is 2.16. The second-order valence-electron chi connectivity index (χ2n) is 3.30. The minimum Gasteiger partial charge on any atom is -0.462 e. The van der Waals surface area contributed by atoms with Crippen LogP contribution in [0.4, 0.5) is 5.00 Å². The van der Waals surface area contributed by atoms with E-state index in [9.17, 15) is 4.79 Å². The highest BCUT2D eigenvalue weighted by atomic mass is 32.1. The molecule has 0 amide bonds. The molecule has 78 valence electrons. The maximum absolute atomic E-state index is 11.4. The second-order valence-corrected chi connectivity index (χ2v) is 4.42. The zero-order chi connectivity index (χ0) is 10.7. The van der Waals surface area contributed by atoms with Gasteiger partial charge in [0.05, 0.1) is 12.2 Å². The number of esters is 1. The largest absolute Gasteiger partial charge is 0.462 e. The van der Waals surface area contributed by atoms with E-state index >= 15 is 0 Å². The van der Waals surface area contributed by atoms with Crippen LogP contribution in [0.2, 0.25) is 0 Å². The van der Waals surface area contributed by atoms with Gasteiger partial charge in [0.15, 0.2) is 0 Å². The van der Waals surface area contributed by atoms with Gasteiger partial charge in [0, 0.05) is 4.88 Å². The van der Waals surface area contributed by atoms with Crippen LogP contribution in [-0.4, -0.2) is 12.6 Å². The first-order valence-corrected chi connectivity index (χ1v) is 5.44. The lowest BCUT2D eigenvalue weighted by molar-refractivity contribution is 0.0528.